The molecule has 4 aromatic carbocycles. The summed E-state index contributed by atoms with van der Waals surface area (Å²) in [7, 11) is 0. The lowest BCUT2D eigenvalue weighted by Gasteiger charge is -2.27. The SMILES string of the molecule is C1=C(N(c2ccc(-c3ccccc3)cc2)c2cccc(-c3ccccc3)n2)N=C(c2ccccc2)CC1. The third-order valence-corrected chi connectivity index (χ3v) is 6.56. The van der Waals surface area contributed by atoms with Crippen LogP contribution >= 0.6 is 0 Å². The van der Waals surface area contributed by atoms with Gasteiger partial charge in [0.25, 0.3) is 0 Å². The summed E-state index contributed by atoms with van der Waals surface area (Å²) in [5.41, 5.74) is 7.71. The van der Waals surface area contributed by atoms with E-state index in [1.165, 1.54) is 16.7 Å². The molecule has 0 atom stereocenters. The minimum atomic E-state index is 0.845. The van der Waals surface area contributed by atoms with Crippen LogP contribution in [0.3, 0.4) is 0 Å². The number of nitrogens with zero attached hydrogens (tertiary/aromatic N) is 3. The fraction of sp³-hybridized carbons (Fsp3) is 0.0588. The summed E-state index contributed by atoms with van der Waals surface area (Å²) in [5, 5.41) is 0. The molecule has 0 radical (unpaired) electrons. The number of rotatable bonds is 6. The topological polar surface area (TPSA) is 28.5 Å². The summed E-state index contributed by atoms with van der Waals surface area (Å²) in [4.78, 5) is 12.4. The Morgan fingerprint density at radius 3 is 1.78 bits per heavy atom. The van der Waals surface area contributed by atoms with Crippen molar-refractivity contribution < 1.29 is 0 Å². The average Bonchev–Trinajstić information content (AvgIpc) is 2.99. The molecular formula is C34H27N3. The molecule has 0 saturated heterocycles. The summed E-state index contributed by atoms with van der Waals surface area (Å²) in [6, 6.07) is 46.1. The van der Waals surface area contributed by atoms with Crippen LogP contribution in [0.1, 0.15) is 18.4 Å². The van der Waals surface area contributed by atoms with Crippen molar-refractivity contribution in [2.75, 3.05) is 4.90 Å². The fourth-order valence-corrected chi connectivity index (χ4v) is 4.69. The molecule has 2 heterocycles. The molecule has 0 N–H and O–H groups in total. The number of hydrogen-bond acceptors (Lipinski definition) is 3. The van der Waals surface area contributed by atoms with Crippen molar-refractivity contribution in [1.29, 1.82) is 0 Å². The van der Waals surface area contributed by atoms with Gasteiger partial charge in [0.15, 0.2) is 0 Å². The van der Waals surface area contributed by atoms with Gasteiger partial charge in [-0.1, -0.05) is 109 Å². The van der Waals surface area contributed by atoms with Gasteiger partial charge in [0.2, 0.25) is 0 Å². The Morgan fingerprint density at radius 1 is 0.514 bits per heavy atom. The summed E-state index contributed by atoms with van der Waals surface area (Å²) in [6.07, 6.45) is 4.07. The van der Waals surface area contributed by atoms with E-state index >= 15 is 0 Å². The summed E-state index contributed by atoms with van der Waals surface area (Å²) in [5.74, 6) is 1.74. The van der Waals surface area contributed by atoms with Crippen LogP contribution in [0.4, 0.5) is 11.5 Å². The van der Waals surface area contributed by atoms with Gasteiger partial charge in [0.1, 0.15) is 11.6 Å². The second kappa shape index (κ2) is 10.5. The Kier molecular flexibility index (Phi) is 6.42. The molecule has 0 spiro atoms. The molecule has 0 fully saturated rings. The highest BCUT2D eigenvalue weighted by Gasteiger charge is 2.20. The van der Waals surface area contributed by atoms with Gasteiger partial charge in [-0.25, -0.2) is 9.98 Å². The molecular weight excluding hydrogens is 450 g/mol. The normalized spacial score (nSPS) is 13.0. The first-order chi connectivity index (χ1) is 18.3. The van der Waals surface area contributed by atoms with Crippen LogP contribution in [0.2, 0.25) is 0 Å². The fourth-order valence-electron chi connectivity index (χ4n) is 4.69. The van der Waals surface area contributed by atoms with E-state index in [9.17, 15) is 0 Å². The second-order valence-electron chi connectivity index (χ2n) is 9.02. The van der Waals surface area contributed by atoms with Crippen LogP contribution in [-0.4, -0.2) is 10.7 Å². The summed E-state index contributed by atoms with van der Waals surface area (Å²) >= 11 is 0. The van der Waals surface area contributed by atoms with Gasteiger partial charge in [-0.15, -0.1) is 0 Å². The largest absolute Gasteiger partial charge is 0.279 e. The molecule has 0 aliphatic carbocycles. The number of aromatic nitrogens is 1. The molecule has 1 aliphatic rings. The zero-order chi connectivity index (χ0) is 24.9. The number of aliphatic imine (C=N–C) groups is 1. The Bertz CT molecular complexity index is 1540. The van der Waals surface area contributed by atoms with E-state index in [-0.39, 0.29) is 0 Å². The lowest BCUT2D eigenvalue weighted by Crippen LogP contribution is -2.20. The molecule has 0 saturated carbocycles. The van der Waals surface area contributed by atoms with Crippen LogP contribution in [0, 0.1) is 0 Å². The molecule has 178 valence electrons. The van der Waals surface area contributed by atoms with Crippen LogP contribution in [0.15, 0.2) is 150 Å². The molecule has 3 heteroatoms. The van der Waals surface area contributed by atoms with E-state index in [4.69, 9.17) is 9.98 Å². The molecule has 0 bridgehead atoms. The standard InChI is InChI=1S/C34H27N3/c1-4-12-26(13-5-1)27-22-24-30(25-23-27)37(33-20-10-18-31(35-33)28-14-6-2-7-15-28)34-21-11-19-32(36-34)29-16-8-3-9-17-29/h1-10,12-18,20-25H,11,19H2. The number of anilines is 2. The molecule has 6 rings (SSSR count). The maximum atomic E-state index is 5.15. The molecule has 0 unspecified atom stereocenters. The quantitative estimate of drug-likeness (QED) is 0.245. The van der Waals surface area contributed by atoms with Gasteiger partial charge < -0.3 is 0 Å². The van der Waals surface area contributed by atoms with Gasteiger partial charge in [0, 0.05) is 11.3 Å². The second-order valence-corrected chi connectivity index (χ2v) is 9.02. The van der Waals surface area contributed by atoms with E-state index in [0.29, 0.717) is 0 Å². The van der Waals surface area contributed by atoms with Crippen LogP contribution in [0.25, 0.3) is 22.4 Å². The van der Waals surface area contributed by atoms with Crippen molar-refractivity contribution >= 4 is 17.2 Å². The first kappa shape index (κ1) is 22.7. The van der Waals surface area contributed by atoms with Gasteiger partial charge >= 0.3 is 0 Å². The van der Waals surface area contributed by atoms with Crippen molar-refractivity contribution in [1.82, 2.24) is 4.98 Å². The van der Waals surface area contributed by atoms with Gasteiger partial charge in [-0.2, -0.15) is 0 Å². The molecule has 1 aromatic heterocycles. The molecule has 5 aromatic rings. The molecule has 37 heavy (non-hydrogen) atoms. The number of allylic oxidation sites excluding steroid dienone is 1. The molecule has 1 aliphatic heterocycles. The van der Waals surface area contributed by atoms with Crippen molar-refractivity contribution in [2.45, 2.75) is 12.8 Å². The van der Waals surface area contributed by atoms with E-state index in [2.05, 4.69) is 114 Å². The highest BCUT2D eigenvalue weighted by molar-refractivity contribution is 6.02. The number of hydrogen-bond donors (Lipinski definition) is 0. The number of pyridine rings is 1. The zero-order valence-electron chi connectivity index (χ0n) is 20.5. The van der Waals surface area contributed by atoms with Gasteiger partial charge in [0.05, 0.1) is 11.4 Å². The minimum Gasteiger partial charge on any atom is -0.279 e. The monoisotopic (exact) mass is 477 g/mol. The highest BCUT2D eigenvalue weighted by Crippen LogP contribution is 2.34. The summed E-state index contributed by atoms with van der Waals surface area (Å²) < 4.78 is 0. The Morgan fingerprint density at radius 2 is 1.11 bits per heavy atom. The summed E-state index contributed by atoms with van der Waals surface area (Å²) in [6.45, 7) is 0. The molecule has 3 nitrogen and oxygen atoms in total. The van der Waals surface area contributed by atoms with Crippen LogP contribution < -0.4 is 4.90 Å². The van der Waals surface area contributed by atoms with E-state index < -0.39 is 0 Å². The lowest BCUT2D eigenvalue weighted by molar-refractivity contribution is 0.970. The Balaban J connectivity index is 1.44. The zero-order valence-corrected chi connectivity index (χ0v) is 20.5. The van der Waals surface area contributed by atoms with Crippen LogP contribution in [-0.2, 0) is 0 Å². The third kappa shape index (κ3) is 4.98. The van der Waals surface area contributed by atoms with Crippen LogP contribution in [0.5, 0.6) is 0 Å². The van der Waals surface area contributed by atoms with E-state index in [1.54, 1.807) is 0 Å². The maximum absolute atomic E-state index is 5.15. The molecule has 0 amide bonds. The number of benzene rings is 4. The minimum absolute atomic E-state index is 0.845. The first-order valence-corrected chi connectivity index (χ1v) is 12.7. The first-order valence-electron chi connectivity index (χ1n) is 12.7. The maximum Gasteiger partial charge on any atom is 0.139 e. The van der Waals surface area contributed by atoms with Crippen molar-refractivity contribution in [2.24, 2.45) is 4.99 Å². The van der Waals surface area contributed by atoms with Crippen molar-refractivity contribution in [3.8, 4) is 22.4 Å². The Labute approximate surface area is 218 Å². The van der Waals surface area contributed by atoms with Crippen molar-refractivity contribution in [3.05, 3.63) is 151 Å². The van der Waals surface area contributed by atoms with Gasteiger partial charge in [-0.05, 0) is 59.9 Å². The van der Waals surface area contributed by atoms with E-state index in [0.717, 1.165) is 47.1 Å². The predicted molar refractivity (Wildman–Crippen MR) is 154 cm³/mol. The van der Waals surface area contributed by atoms with Crippen molar-refractivity contribution in [3.63, 3.8) is 0 Å². The highest BCUT2D eigenvalue weighted by atomic mass is 15.3. The predicted octanol–water partition coefficient (Wildman–Crippen LogP) is 8.68. The lowest BCUT2D eigenvalue weighted by atomic mass is 10.0. The average molecular weight is 478 g/mol. The third-order valence-electron chi connectivity index (χ3n) is 6.56. The smallest absolute Gasteiger partial charge is 0.139 e. The van der Waals surface area contributed by atoms with E-state index in [1.807, 2.05) is 30.3 Å². The Hall–Kier alpha value is -4.76. The van der Waals surface area contributed by atoms with Gasteiger partial charge in [-0.3, -0.25) is 4.90 Å².